The molecule has 3 aromatic rings. The quantitative estimate of drug-likeness (QED) is 0.675. The maximum absolute atomic E-state index is 13.5. The number of halogens is 1. The molecule has 1 heterocycles. The van der Waals surface area contributed by atoms with E-state index in [-0.39, 0.29) is 16.4 Å². The van der Waals surface area contributed by atoms with Crippen molar-refractivity contribution in [3.63, 3.8) is 0 Å². The number of aryl methyl sites for hydroxylation is 1. The van der Waals surface area contributed by atoms with Crippen molar-refractivity contribution < 1.29 is 17.5 Å². The Morgan fingerprint density at radius 3 is 2.42 bits per heavy atom. The maximum Gasteiger partial charge on any atom is 0.186 e. The van der Waals surface area contributed by atoms with Gasteiger partial charge in [-0.05, 0) is 42.3 Å². The van der Waals surface area contributed by atoms with Crippen molar-refractivity contribution >= 4 is 9.84 Å². The van der Waals surface area contributed by atoms with Gasteiger partial charge >= 0.3 is 0 Å². The van der Waals surface area contributed by atoms with Crippen LogP contribution in [0.3, 0.4) is 0 Å². The summed E-state index contributed by atoms with van der Waals surface area (Å²) in [7, 11) is -2.44. The number of hydrogen-bond donors (Lipinski definition) is 0. The summed E-state index contributed by atoms with van der Waals surface area (Å²) in [6.07, 6.45) is 3.19. The summed E-state index contributed by atoms with van der Waals surface area (Å²) in [5.41, 5.74) is 3.43. The zero-order valence-corrected chi connectivity index (χ0v) is 15.3. The molecule has 0 aliphatic heterocycles. The third-order valence-electron chi connectivity index (χ3n) is 4.00. The van der Waals surface area contributed by atoms with Crippen LogP contribution in [0.4, 0.5) is 4.39 Å². The Labute approximate surface area is 152 Å². The molecule has 26 heavy (non-hydrogen) atoms. The molecule has 0 aliphatic carbocycles. The molecule has 134 valence electrons. The second-order valence-corrected chi connectivity index (χ2v) is 7.96. The van der Waals surface area contributed by atoms with Crippen LogP contribution in [0.25, 0.3) is 11.1 Å². The molecule has 0 unspecified atom stereocenters. The SMILES string of the molecule is COc1ccc(F)cc1S(=O)(=O)Cc1cncc(-c2ccc(C)cc2)c1. The van der Waals surface area contributed by atoms with Crippen molar-refractivity contribution in [1.82, 2.24) is 4.98 Å². The van der Waals surface area contributed by atoms with Gasteiger partial charge in [-0.15, -0.1) is 0 Å². The normalized spacial score (nSPS) is 11.3. The summed E-state index contributed by atoms with van der Waals surface area (Å²) in [5, 5.41) is 0. The first-order valence-electron chi connectivity index (χ1n) is 7.96. The zero-order chi connectivity index (χ0) is 18.7. The van der Waals surface area contributed by atoms with E-state index < -0.39 is 15.7 Å². The van der Waals surface area contributed by atoms with Gasteiger partial charge in [-0.3, -0.25) is 4.98 Å². The number of rotatable bonds is 5. The molecule has 6 heteroatoms. The second-order valence-electron chi connectivity index (χ2n) is 6.00. The third-order valence-corrected chi connectivity index (χ3v) is 5.70. The number of benzene rings is 2. The van der Waals surface area contributed by atoms with Crippen molar-refractivity contribution in [3.8, 4) is 16.9 Å². The van der Waals surface area contributed by atoms with Crippen molar-refractivity contribution in [2.24, 2.45) is 0 Å². The first-order valence-corrected chi connectivity index (χ1v) is 9.61. The molecule has 0 spiro atoms. The number of nitrogens with zero attached hydrogens (tertiary/aromatic N) is 1. The van der Waals surface area contributed by atoms with Crippen molar-refractivity contribution in [1.29, 1.82) is 0 Å². The summed E-state index contributed by atoms with van der Waals surface area (Å²) in [4.78, 5) is 3.99. The molecule has 0 bridgehead atoms. The molecule has 2 aromatic carbocycles. The van der Waals surface area contributed by atoms with Gasteiger partial charge in [0.05, 0.1) is 12.9 Å². The average molecular weight is 371 g/mol. The molecule has 0 saturated carbocycles. The highest BCUT2D eigenvalue weighted by Crippen LogP contribution is 2.28. The van der Waals surface area contributed by atoms with Gasteiger partial charge in [0.15, 0.2) is 9.84 Å². The van der Waals surface area contributed by atoms with E-state index in [9.17, 15) is 12.8 Å². The fourth-order valence-electron chi connectivity index (χ4n) is 2.66. The molecule has 0 radical (unpaired) electrons. The average Bonchev–Trinajstić information content (AvgIpc) is 2.62. The lowest BCUT2D eigenvalue weighted by Crippen LogP contribution is -2.08. The largest absolute Gasteiger partial charge is 0.495 e. The van der Waals surface area contributed by atoms with Gasteiger partial charge in [0.1, 0.15) is 16.5 Å². The first-order chi connectivity index (χ1) is 12.4. The molecule has 4 nitrogen and oxygen atoms in total. The van der Waals surface area contributed by atoms with E-state index in [1.165, 1.54) is 19.4 Å². The minimum absolute atomic E-state index is 0.119. The molecule has 0 atom stereocenters. The van der Waals surface area contributed by atoms with E-state index in [1.54, 1.807) is 12.3 Å². The molecule has 0 N–H and O–H groups in total. The molecule has 0 aliphatic rings. The van der Waals surface area contributed by atoms with Crippen molar-refractivity contribution in [2.75, 3.05) is 7.11 Å². The maximum atomic E-state index is 13.5. The standard InChI is InChI=1S/C20H18FNO3S/c1-14-3-5-16(6-4-14)17-9-15(11-22-12-17)13-26(23,24)20-10-18(21)7-8-19(20)25-2/h3-12H,13H2,1-2H3. The van der Waals surface area contributed by atoms with Gasteiger partial charge in [-0.2, -0.15) is 0 Å². The third kappa shape index (κ3) is 3.91. The fourth-order valence-corrected chi connectivity index (χ4v) is 4.16. The van der Waals surface area contributed by atoms with E-state index in [2.05, 4.69) is 4.98 Å². The van der Waals surface area contributed by atoms with E-state index >= 15 is 0 Å². The molecular formula is C20H18FNO3S. The Balaban J connectivity index is 1.95. The van der Waals surface area contributed by atoms with Gasteiger partial charge < -0.3 is 4.74 Å². The Hall–Kier alpha value is -2.73. The van der Waals surface area contributed by atoms with Crippen LogP contribution < -0.4 is 4.74 Å². The minimum atomic E-state index is -3.79. The Morgan fingerprint density at radius 2 is 1.73 bits per heavy atom. The van der Waals surface area contributed by atoms with Crippen LogP contribution in [0, 0.1) is 12.7 Å². The summed E-state index contributed by atoms with van der Waals surface area (Å²) in [6, 6.07) is 13.1. The molecule has 0 saturated heterocycles. The number of aromatic nitrogens is 1. The zero-order valence-electron chi connectivity index (χ0n) is 14.4. The number of pyridine rings is 1. The lowest BCUT2D eigenvalue weighted by atomic mass is 10.1. The van der Waals surface area contributed by atoms with Gasteiger partial charge in [0.2, 0.25) is 0 Å². The van der Waals surface area contributed by atoms with Crippen LogP contribution in [0.5, 0.6) is 5.75 Å². The second kappa shape index (κ2) is 7.25. The van der Waals surface area contributed by atoms with E-state index in [4.69, 9.17) is 4.74 Å². The Kier molecular flexibility index (Phi) is 5.04. The van der Waals surface area contributed by atoms with Crippen LogP contribution in [0.1, 0.15) is 11.1 Å². The Morgan fingerprint density at radius 1 is 1.00 bits per heavy atom. The molecule has 1 aromatic heterocycles. The topological polar surface area (TPSA) is 56.3 Å². The monoisotopic (exact) mass is 371 g/mol. The minimum Gasteiger partial charge on any atom is -0.495 e. The van der Waals surface area contributed by atoms with Gasteiger partial charge in [0, 0.05) is 18.0 Å². The summed E-state index contributed by atoms with van der Waals surface area (Å²) < 4.78 is 44.1. The number of hydrogen-bond acceptors (Lipinski definition) is 4. The fraction of sp³-hybridized carbons (Fsp3) is 0.150. The predicted molar refractivity (Wildman–Crippen MR) is 98.3 cm³/mol. The van der Waals surface area contributed by atoms with Crippen LogP contribution in [0.15, 0.2) is 65.8 Å². The molecule has 0 amide bonds. The van der Waals surface area contributed by atoms with Gasteiger partial charge in [-0.1, -0.05) is 29.8 Å². The van der Waals surface area contributed by atoms with Crippen LogP contribution in [-0.4, -0.2) is 20.5 Å². The highest BCUT2D eigenvalue weighted by molar-refractivity contribution is 7.90. The summed E-state index contributed by atoms with van der Waals surface area (Å²) in [5.74, 6) is -0.801. The van der Waals surface area contributed by atoms with E-state index in [0.29, 0.717) is 5.56 Å². The van der Waals surface area contributed by atoms with Gasteiger partial charge in [-0.25, -0.2) is 12.8 Å². The van der Waals surface area contributed by atoms with Crippen LogP contribution in [-0.2, 0) is 15.6 Å². The van der Waals surface area contributed by atoms with Crippen molar-refractivity contribution in [3.05, 3.63) is 77.9 Å². The van der Waals surface area contributed by atoms with Crippen LogP contribution >= 0.6 is 0 Å². The predicted octanol–water partition coefficient (Wildman–Crippen LogP) is 4.18. The highest BCUT2D eigenvalue weighted by atomic mass is 32.2. The van der Waals surface area contributed by atoms with E-state index in [0.717, 1.165) is 28.8 Å². The van der Waals surface area contributed by atoms with Gasteiger partial charge in [0.25, 0.3) is 0 Å². The summed E-state index contributed by atoms with van der Waals surface area (Å²) >= 11 is 0. The number of sulfone groups is 1. The molecular weight excluding hydrogens is 353 g/mol. The lowest BCUT2D eigenvalue weighted by Gasteiger charge is -2.10. The number of methoxy groups -OCH3 is 1. The number of ether oxygens (including phenoxy) is 1. The summed E-state index contributed by atoms with van der Waals surface area (Å²) in [6.45, 7) is 2.00. The molecule has 3 rings (SSSR count). The Bertz CT molecular complexity index is 1030. The smallest absolute Gasteiger partial charge is 0.186 e. The molecule has 0 fully saturated rings. The highest BCUT2D eigenvalue weighted by Gasteiger charge is 2.21. The van der Waals surface area contributed by atoms with E-state index in [1.807, 2.05) is 31.2 Å². The van der Waals surface area contributed by atoms with Crippen LogP contribution in [0.2, 0.25) is 0 Å². The lowest BCUT2D eigenvalue weighted by molar-refractivity contribution is 0.401. The van der Waals surface area contributed by atoms with Crippen molar-refractivity contribution in [2.45, 2.75) is 17.6 Å². The first kappa shape index (κ1) is 18.1.